The zero-order valence-electron chi connectivity index (χ0n) is 15.2. The van der Waals surface area contributed by atoms with Crippen molar-refractivity contribution in [2.75, 3.05) is 3.82 Å². The van der Waals surface area contributed by atoms with E-state index in [4.69, 9.17) is 16.5 Å². The van der Waals surface area contributed by atoms with E-state index in [1.807, 2.05) is 0 Å². The van der Waals surface area contributed by atoms with Crippen LogP contribution < -0.4 is 3.82 Å². The highest BCUT2D eigenvalue weighted by Gasteiger charge is 2.29. The summed E-state index contributed by atoms with van der Waals surface area (Å²) in [5.74, 6) is -1.40. The monoisotopic (exact) mass is 409 g/mol. The average molecular weight is 410 g/mol. The predicted molar refractivity (Wildman–Crippen MR) is 103 cm³/mol. The molecule has 0 bridgehead atoms. The lowest BCUT2D eigenvalue weighted by Crippen LogP contribution is -2.27. The van der Waals surface area contributed by atoms with Crippen molar-refractivity contribution in [2.24, 2.45) is 0 Å². The van der Waals surface area contributed by atoms with Gasteiger partial charge in [0.05, 0.1) is 10.6 Å². The van der Waals surface area contributed by atoms with E-state index in [0.717, 1.165) is 0 Å². The smallest absolute Gasteiger partial charge is 0.314 e. The van der Waals surface area contributed by atoms with Gasteiger partial charge in [-0.3, -0.25) is 9.59 Å². The molecule has 0 saturated carbocycles. The van der Waals surface area contributed by atoms with Crippen LogP contribution in [0.25, 0.3) is 0 Å². The molecule has 2 aromatic carbocycles. The second kappa shape index (κ2) is 8.10. The first-order valence-electron chi connectivity index (χ1n) is 8.12. The molecule has 0 unspecified atom stereocenters. The number of hydrogen-bond acceptors (Lipinski definition) is 5. The maximum atomic E-state index is 12.9. The molecule has 0 spiro atoms. The summed E-state index contributed by atoms with van der Waals surface area (Å²) < 4.78 is 31.5. The van der Waals surface area contributed by atoms with Crippen LogP contribution in [0.3, 0.4) is 0 Å². The van der Waals surface area contributed by atoms with Crippen LogP contribution in [0.5, 0.6) is 0 Å². The maximum absolute atomic E-state index is 12.9. The second-order valence-corrected chi connectivity index (χ2v) is 9.03. The largest absolute Gasteiger partial charge is 0.460 e. The Kier molecular flexibility index (Phi) is 6.28. The van der Waals surface area contributed by atoms with Gasteiger partial charge in [-0.15, -0.1) is 0 Å². The number of nitrogens with zero attached hydrogens (tertiary/aromatic N) is 1. The van der Waals surface area contributed by atoms with Crippen molar-refractivity contribution in [2.45, 2.75) is 37.7 Å². The third-order valence-electron chi connectivity index (χ3n) is 3.36. The normalized spacial score (nSPS) is 11.7. The molecule has 2 rings (SSSR count). The highest BCUT2D eigenvalue weighted by atomic mass is 35.5. The number of rotatable bonds is 6. The first-order valence-corrected chi connectivity index (χ1v) is 9.90. The van der Waals surface area contributed by atoms with E-state index in [-0.39, 0.29) is 16.1 Å². The Hall–Kier alpha value is -2.38. The molecule has 27 heavy (non-hydrogen) atoms. The van der Waals surface area contributed by atoms with Gasteiger partial charge in [-0.25, -0.2) is 0 Å². The fourth-order valence-corrected chi connectivity index (χ4v) is 3.91. The zero-order chi connectivity index (χ0) is 20.2. The lowest BCUT2D eigenvalue weighted by atomic mass is 10.1. The Morgan fingerprint density at radius 2 is 1.56 bits per heavy atom. The molecule has 0 radical (unpaired) electrons. The van der Waals surface area contributed by atoms with E-state index in [1.54, 1.807) is 39.0 Å². The molecule has 0 aliphatic carbocycles. The highest BCUT2D eigenvalue weighted by molar-refractivity contribution is 7.94. The molecule has 0 aliphatic heterocycles. The molecule has 0 saturated heterocycles. The van der Waals surface area contributed by atoms with E-state index in [9.17, 15) is 18.0 Å². The van der Waals surface area contributed by atoms with E-state index >= 15 is 0 Å². The molecule has 0 aliphatic rings. The number of esters is 1. The Morgan fingerprint density at radius 1 is 1.00 bits per heavy atom. The second-order valence-electron chi connectivity index (χ2n) is 6.74. The third-order valence-corrected chi connectivity index (χ3v) is 5.65. The van der Waals surface area contributed by atoms with Gasteiger partial charge in [0.1, 0.15) is 12.0 Å². The van der Waals surface area contributed by atoms with Crippen LogP contribution in [-0.4, -0.2) is 25.8 Å². The van der Waals surface area contributed by atoms with Crippen LogP contribution in [-0.2, 0) is 19.6 Å². The van der Waals surface area contributed by atoms with E-state index in [0.29, 0.717) is 3.82 Å². The van der Waals surface area contributed by atoms with E-state index in [2.05, 4.69) is 0 Å². The maximum Gasteiger partial charge on any atom is 0.314 e. The first-order chi connectivity index (χ1) is 12.5. The van der Waals surface area contributed by atoms with Gasteiger partial charge >= 0.3 is 5.97 Å². The fraction of sp³-hybridized carbons (Fsp3) is 0.263. The minimum absolute atomic E-state index is 0.120. The van der Waals surface area contributed by atoms with Gasteiger partial charge in [0.25, 0.3) is 10.0 Å². The summed E-state index contributed by atoms with van der Waals surface area (Å²) in [4.78, 5) is 24.2. The number of hydrogen-bond donors (Lipinski definition) is 0. The first kappa shape index (κ1) is 20.9. The number of ether oxygens (including phenoxy) is 1. The lowest BCUT2D eigenvalue weighted by molar-refractivity contribution is -0.153. The van der Waals surface area contributed by atoms with Crippen molar-refractivity contribution in [1.82, 2.24) is 0 Å². The highest BCUT2D eigenvalue weighted by Crippen LogP contribution is 2.28. The SMILES string of the molecule is CC(C)(C)OC(=O)CC(=O)c1ccccc1S(=O)(=O)N(Cl)c1ccccc1. The molecule has 0 aromatic heterocycles. The number of carbonyl (C=O) groups excluding carboxylic acids is 2. The number of ketones is 1. The van der Waals surface area contributed by atoms with Crippen molar-refractivity contribution < 1.29 is 22.7 Å². The van der Waals surface area contributed by atoms with E-state index in [1.165, 1.54) is 36.4 Å². The molecular weight excluding hydrogens is 390 g/mol. The fourth-order valence-electron chi connectivity index (χ4n) is 2.30. The Balaban J connectivity index is 2.34. The molecule has 0 heterocycles. The van der Waals surface area contributed by atoms with Gasteiger partial charge in [-0.1, -0.05) is 36.4 Å². The number of anilines is 1. The Bertz CT molecular complexity index is 936. The number of para-hydroxylation sites is 1. The number of Topliss-reactive ketones (excluding diaryl/α,β-unsaturated/α-hetero) is 1. The van der Waals surface area contributed by atoms with Crippen molar-refractivity contribution in [1.29, 1.82) is 0 Å². The summed E-state index contributed by atoms with van der Waals surface area (Å²) in [5, 5.41) is 0. The molecule has 144 valence electrons. The van der Waals surface area contributed by atoms with Crippen molar-refractivity contribution in [3.63, 3.8) is 0 Å². The van der Waals surface area contributed by atoms with Gasteiger partial charge in [0.15, 0.2) is 5.78 Å². The molecule has 8 heteroatoms. The number of benzene rings is 2. The van der Waals surface area contributed by atoms with E-state index < -0.39 is 33.8 Å². The Morgan fingerprint density at radius 3 is 2.15 bits per heavy atom. The minimum Gasteiger partial charge on any atom is -0.460 e. The van der Waals surface area contributed by atoms with Crippen LogP contribution in [0.4, 0.5) is 5.69 Å². The zero-order valence-corrected chi connectivity index (χ0v) is 16.8. The molecule has 2 aromatic rings. The van der Waals surface area contributed by atoms with Gasteiger partial charge in [0, 0.05) is 17.3 Å². The van der Waals surface area contributed by atoms with Crippen LogP contribution in [0, 0.1) is 0 Å². The summed E-state index contributed by atoms with van der Waals surface area (Å²) >= 11 is 6.04. The number of halogens is 1. The molecule has 0 N–H and O–H groups in total. The molecule has 0 fully saturated rings. The van der Waals surface area contributed by atoms with Gasteiger partial charge in [0.2, 0.25) is 0 Å². The number of carbonyl (C=O) groups is 2. The summed E-state index contributed by atoms with van der Waals surface area (Å²) in [7, 11) is -4.21. The Labute approximate surface area is 163 Å². The minimum atomic E-state index is -4.21. The molecule has 6 nitrogen and oxygen atoms in total. The van der Waals surface area contributed by atoms with Crippen molar-refractivity contribution in [3.05, 3.63) is 60.2 Å². The molecule has 0 amide bonds. The summed E-state index contributed by atoms with van der Waals surface area (Å²) in [6.07, 6.45) is -0.572. The lowest BCUT2D eigenvalue weighted by Gasteiger charge is -2.20. The van der Waals surface area contributed by atoms with Crippen molar-refractivity contribution in [3.8, 4) is 0 Å². The van der Waals surface area contributed by atoms with Gasteiger partial charge in [-0.2, -0.15) is 12.2 Å². The van der Waals surface area contributed by atoms with Crippen LogP contribution >= 0.6 is 11.8 Å². The van der Waals surface area contributed by atoms with Crippen LogP contribution in [0.1, 0.15) is 37.6 Å². The summed E-state index contributed by atoms with van der Waals surface area (Å²) in [5.41, 5.74) is -0.637. The average Bonchev–Trinajstić information content (AvgIpc) is 2.60. The predicted octanol–water partition coefficient (Wildman–Crippen LogP) is 3.95. The number of sulfonamides is 1. The van der Waals surface area contributed by atoms with Gasteiger partial charge < -0.3 is 4.74 Å². The standard InChI is InChI=1S/C19H20ClNO5S/c1-19(2,3)26-18(23)13-16(22)15-11-7-8-12-17(15)27(24,25)21(20)14-9-5-4-6-10-14/h4-12H,13H2,1-3H3. The summed E-state index contributed by atoms with van der Waals surface area (Å²) in [6, 6.07) is 13.7. The van der Waals surface area contributed by atoms with Gasteiger partial charge in [-0.05, 0) is 39.0 Å². The topological polar surface area (TPSA) is 80.8 Å². The molecular formula is C19H20ClNO5S. The van der Waals surface area contributed by atoms with Crippen molar-refractivity contribution >= 4 is 39.2 Å². The van der Waals surface area contributed by atoms with Crippen LogP contribution in [0.2, 0.25) is 0 Å². The molecule has 0 atom stereocenters. The summed E-state index contributed by atoms with van der Waals surface area (Å²) in [6.45, 7) is 5.04. The van der Waals surface area contributed by atoms with Crippen LogP contribution in [0.15, 0.2) is 59.5 Å². The quantitative estimate of drug-likeness (QED) is 0.312. The third kappa shape index (κ3) is 5.30.